The summed E-state index contributed by atoms with van der Waals surface area (Å²) >= 11 is 5.66. The standard InChI is InChI=1S/C18H17ClFNO3/c1-2-3-10-24-18(23)12-4-7-14(8-5-12)21-17(22)15-9-6-13(19)11-16(15)20/h4-9,11H,2-3,10H2,1H3,(H,21,22). The summed E-state index contributed by atoms with van der Waals surface area (Å²) in [6.45, 7) is 2.39. The Morgan fingerprint density at radius 2 is 1.88 bits per heavy atom. The van der Waals surface area contributed by atoms with Gasteiger partial charge in [0.1, 0.15) is 5.82 Å². The summed E-state index contributed by atoms with van der Waals surface area (Å²) < 4.78 is 18.8. The molecule has 0 unspecified atom stereocenters. The van der Waals surface area contributed by atoms with Crippen LogP contribution in [0.4, 0.5) is 10.1 Å². The van der Waals surface area contributed by atoms with Crippen molar-refractivity contribution in [2.24, 2.45) is 0 Å². The number of unbranched alkanes of at least 4 members (excludes halogenated alkanes) is 1. The van der Waals surface area contributed by atoms with Crippen molar-refractivity contribution in [1.29, 1.82) is 0 Å². The number of hydrogen-bond acceptors (Lipinski definition) is 3. The number of carbonyl (C=O) groups excluding carboxylic acids is 2. The third-order valence-electron chi connectivity index (χ3n) is 3.29. The first-order valence-corrected chi connectivity index (χ1v) is 7.92. The fourth-order valence-electron chi connectivity index (χ4n) is 1.95. The van der Waals surface area contributed by atoms with Gasteiger partial charge in [-0.2, -0.15) is 0 Å². The predicted molar refractivity (Wildman–Crippen MR) is 91.0 cm³/mol. The van der Waals surface area contributed by atoms with E-state index >= 15 is 0 Å². The number of esters is 1. The molecule has 24 heavy (non-hydrogen) atoms. The molecule has 0 aromatic heterocycles. The van der Waals surface area contributed by atoms with Gasteiger partial charge in [0, 0.05) is 10.7 Å². The average Bonchev–Trinajstić information content (AvgIpc) is 2.55. The van der Waals surface area contributed by atoms with Crippen molar-refractivity contribution < 1.29 is 18.7 Å². The Hall–Kier alpha value is -2.40. The second-order valence-corrected chi connectivity index (χ2v) is 5.58. The summed E-state index contributed by atoms with van der Waals surface area (Å²) in [5.74, 6) is -1.70. The SMILES string of the molecule is CCCCOC(=O)c1ccc(NC(=O)c2ccc(Cl)cc2F)cc1. The van der Waals surface area contributed by atoms with Crippen LogP contribution < -0.4 is 5.32 Å². The molecule has 1 amide bonds. The zero-order chi connectivity index (χ0) is 17.5. The van der Waals surface area contributed by atoms with Crippen molar-refractivity contribution in [3.8, 4) is 0 Å². The van der Waals surface area contributed by atoms with Crippen molar-refractivity contribution in [2.45, 2.75) is 19.8 Å². The molecule has 4 nitrogen and oxygen atoms in total. The molecule has 6 heteroatoms. The molecule has 2 aromatic rings. The number of carbonyl (C=O) groups is 2. The lowest BCUT2D eigenvalue weighted by molar-refractivity contribution is 0.0499. The zero-order valence-electron chi connectivity index (χ0n) is 13.1. The Bertz CT molecular complexity index is 732. The molecule has 0 aliphatic heterocycles. The van der Waals surface area contributed by atoms with Crippen LogP contribution in [0.25, 0.3) is 0 Å². The maximum atomic E-state index is 13.7. The molecule has 0 atom stereocenters. The molecule has 2 rings (SSSR count). The van der Waals surface area contributed by atoms with Crippen molar-refractivity contribution in [3.63, 3.8) is 0 Å². The summed E-state index contributed by atoms with van der Waals surface area (Å²) in [6.07, 6.45) is 1.76. The van der Waals surface area contributed by atoms with Crippen LogP contribution in [0.15, 0.2) is 42.5 Å². The van der Waals surface area contributed by atoms with Crippen LogP contribution in [0, 0.1) is 5.82 Å². The molecule has 0 heterocycles. The first kappa shape index (κ1) is 17.9. The van der Waals surface area contributed by atoms with Crippen LogP contribution in [-0.2, 0) is 4.74 Å². The summed E-state index contributed by atoms with van der Waals surface area (Å²) in [5, 5.41) is 2.78. The van der Waals surface area contributed by atoms with E-state index in [0.717, 1.165) is 18.9 Å². The van der Waals surface area contributed by atoms with Crippen LogP contribution in [0.3, 0.4) is 0 Å². The van der Waals surface area contributed by atoms with Gasteiger partial charge in [-0.05, 0) is 48.9 Å². The molecule has 0 saturated heterocycles. The topological polar surface area (TPSA) is 55.4 Å². The second-order valence-electron chi connectivity index (χ2n) is 5.15. The van der Waals surface area contributed by atoms with Crippen LogP contribution in [0.1, 0.15) is 40.5 Å². The molecule has 0 radical (unpaired) electrons. The number of rotatable bonds is 6. The summed E-state index contributed by atoms with van der Waals surface area (Å²) in [4.78, 5) is 23.8. The summed E-state index contributed by atoms with van der Waals surface area (Å²) in [7, 11) is 0. The number of halogens is 2. The lowest BCUT2D eigenvalue weighted by Crippen LogP contribution is -2.14. The van der Waals surface area contributed by atoms with E-state index < -0.39 is 17.7 Å². The van der Waals surface area contributed by atoms with Gasteiger partial charge in [0.05, 0.1) is 17.7 Å². The molecular formula is C18H17ClFNO3. The minimum atomic E-state index is -0.698. The third-order valence-corrected chi connectivity index (χ3v) is 3.52. The second kappa shape index (κ2) is 8.45. The van der Waals surface area contributed by atoms with E-state index in [0.29, 0.717) is 17.9 Å². The molecular weight excluding hydrogens is 333 g/mol. The first-order chi connectivity index (χ1) is 11.5. The number of nitrogens with one attached hydrogen (secondary N) is 1. The Morgan fingerprint density at radius 3 is 2.50 bits per heavy atom. The lowest BCUT2D eigenvalue weighted by atomic mass is 10.1. The third kappa shape index (κ3) is 4.80. The highest BCUT2D eigenvalue weighted by Crippen LogP contribution is 2.17. The van der Waals surface area contributed by atoms with E-state index in [2.05, 4.69) is 5.32 Å². The molecule has 1 N–H and O–H groups in total. The smallest absolute Gasteiger partial charge is 0.338 e. The highest BCUT2D eigenvalue weighted by atomic mass is 35.5. The summed E-state index contributed by atoms with van der Waals surface area (Å²) in [5.41, 5.74) is 0.726. The van der Waals surface area contributed by atoms with E-state index in [1.807, 2.05) is 6.92 Å². The van der Waals surface area contributed by atoms with E-state index in [9.17, 15) is 14.0 Å². The maximum Gasteiger partial charge on any atom is 0.338 e. The minimum absolute atomic E-state index is 0.109. The molecule has 0 aliphatic rings. The first-order valence-electron chi connectivity index (χ1n) is 7.55. The van der Waals surface area contributed by atoms with E-state index in [1.54, 1.807) is 24.3 Å². The van der Waals surface area contributed by atoms with Crippen molar-refractivity contribution in [1.82, 2.24) is 0 Å². The number of amides is 1. The fraction of sp³-hybridized carbons (Fsp3) is 0.222. The average molecular weight is 350 g/mol. The maximum absolute atomic E-state index is 13.7. The Kier molecular flexibility index (Phi) is 6.32. The van der Waals surface area contributed by atoms with Gasteiger partial charge in [-0.3, -0.25) is 4.79 Å². The Balaban J connectivity index is 2.00. The van der Waals surface area contributed by atoms with Gasteiger partial charge >= 0.3 is 5.97 Å². The number of benzene rings is 2. The van der Waals surface area contributed by atoms with Gasteiger partial charge in [-0.15, -0.1) is 0 Å². The van der Waals surface area contributed by atoms with Gasteiger partial charge in [0.15, 0.2) is 0 Å². The van der Waals surface area contributed by atoms with E-state index in [1.165, 1.54) is 12.1 Å². The van der Waals surface area contributed by atoms with Gasteiger partial charge in [-0.25, -0.2) is 9.18 Å². The van der Waals surface area contributed by atoms with Crippen molar-refractivity contribution >= 4 is 29.2 Å². The number of anilines is 1. The lowest BCUT2D eigenvalue weighted by Gasteiger charge is -2.08. The predicted octanol–water partition coefficient (Wildman–Crippen LogP) is 4.69. The highest BCUT2D eigenvalue weighted by Gasteiger charge is 2.13. The molecule has 2 aromatic carbocycles. The van der Waals surface area contributed by atoms with Gasteiger partial charge in [0.25, 0.3) is 5.91 Å². The zero-order valence-corrected chi connectivity index (χ0v) is 13.9. The monoisotopic (exact) mass is 349 g/mol. The number of ether oxygens (including phenoxy) is 1. The van der Waals surface area contributed by atoms with Gasteiger partial charge in [-0.1, -0.05) is 24.9 Å². The van der Waals surface area contributed by atoms with Crippen LogP contribution >= 0.6 is 11.6 Å². The summed E-state index contributed by atoms with van der Waals surface area (Å²) in [6, 6.07) is 10.0. The molecule has 0 bridgehead atoms. The largest absolute Gasteiger partial charge is 0.462 e. The Labute approximate surface area is 144 Å². The quantitative estimate of drug-likeness (QED) is 0.608. The molecule has 0 saturated carbocycles. The van der Waals surface area contributed by atoms with Crippen LogP contribution in [0.2, 0.25) is 5.02 Å². The van der Waals surface area contributed by atoms with Crippen molar-refractivity contribution in [3.05, 3.63) is 64.4 Å². The molecule has 0 fully saturated rings. The molecule has 0 spiro atoms. The fourth-order valence-corrected chi connectivity index (χ4v) is 2.11. The normalized spacial score (nSPS) is 10.3. The molecule has 126 valence electrons. The van der Waals surface area contributed by atoms with Gasteiger partial charge < -0.3 is 10.1 Å². The van der Waals surface area contributed by atoms with E-state index in [-0.39, 0.29) is 10.6 Å². The minimum Gasteiger partial charge on any atom is -0.462 e. The Morgan fingerprint density at radius 1 is 1.17 bits per heavy atom. The molecule has 0 aliphatic carbocycles. The van der Waals surface area contributed by atoms with Gasteiger partial charge in [0.2, 0.25) is 0 Å². The highest BCUT2D eigenvalue weighted by molar-refractivity contribution is 6.30. The van der Waals surface area contributed by atoms with Crippen LogP contribution in [0.5, 0.6) is 0 Å². The van der Waals surface area contributed by atoms with Crippen LogP contribution in [-0.4, -0.2) is 18.5 Å². The van der Waals surface area contributed by atoms with Crippen molar-refractivity contribution in [2.75, 3.05) is 11.9 Å². The number of hydrogen-bond donors (Lipinski definition) is 1. The van der Waals surface area contributed by atoms with E-state index in [4.69, 9.17) is 16.3 Å².